The highest BCUT2D eigenvalue weighted by atomic mass is 32.2. The van der Waals surface area contributed by atoms with Crippen molar-refractivity contribution in [2.75, 3.05) is 10.6 Å². The lowest BCUT2D eigenvalue weighted by molar-refractivity contribution is 0.598. The van der Waals surface area contributed by atoms with Crippen LogP contribution in [0, 0.1) is 0 Å². The second-order valence-electron chi connectivity index (χ2n) is 4.03. The monoisotopic (exact) mass is 273 g/mol. The summed E-state index contributed by atoms with van der Waals surface area (Å²) in [6, 6.07) is 15.9. The van der Waals surface area contributed by atoms with Gasteiger partial charge in [-0.2, -0.15) is 8.42 Å². The molecule has 1 aliphatic rings. The van der Waals surface area contributed by atoms with E-state index in [1.165, 1.54) is 6.07 Å². The quantitative estimate of drug-likeness (QED) is 0.836. The first-order chi connectivity index (χ1) is 9.15. The number of hydrogen-bond donors (Lipinski definition) is 2. The van der Waals surface area contributed by atoms with Gasteiger partial charge in [0.1, 0.15) is 4.90 Å². The van der Waals surface area contributed by atoms with Crippen molar-refractivity contribution in [2.45, 2.75) is 4.90 Å². The summed E-state index contributed by atoms with van der Waals surface area (Å²) in [6.45, 7) is 0. The summed E-state index contributed by atoms with van der Waals surface area (Å²) in [5, 5.41) is 5.90. The number of hydrogen-bond acceptors (Lipinski definition) is 4. The van der Waals surface area contributed by atoms with E-state index >= 15 is 0 Å². The van der Waals surface area contributed by atoms with E-state index in [2.05, 4.69) is 15.0 Å². The van der Waals surface area contributed by atoms with Crippen LogP contribution in [0.3, 0.4) is 0 Å². The number of fused-ring (bicyclic) bond motifs is 1. The molecule has 0 saturated heterocycles. The summed E-state index contributed by atoms with van der Waals surface area (Å²) < 4.78 is 27.7. The minimum atomic E-state index is -3.65. The van der Waals surface area contributed by atoms with Crippen LogP contribution >= 0.6 is 0 Å². The summed E-state index contributed by atoms with van der Waals surface area (Å²) in [5.41, 5.74) is 1.29. The standard InChI is InChI=1S/C13H11N3O2S/c17-19(18)12-9-5-4-8-11(12)15-13(16-19)14-10-6-2-1-3-7-10/h1-9H,(H2,14,15,16). The molecule has 0 unspecified atom stereocenters. The number of sulfonamides is 1. The van der Waals surface area contributed by atoms with E-state index in [1.807, 2.05) is 30.3 Å². The molecule has 6 heteroatoms. The van der Waals surface area contributed by atoms with Crippen molar-refractivity contribution >= 4 is 27.4 Å². The molecule has 0 aromatic heterocycles. The molecule has 96 valence electrons. The molecule has 1 aliphatic heterocycles. The number of para-hydroxylation sites is 2. The Bertz CT molecular complexity index is 739. The van der Waals surface area contributed by atoms with Crippen LogP contribution in [0.1, 0.15) is 0 Å². The molecule has 0 bridgehead atoms. The molecule has 0 radical (unpaired) electrons. The van der Waals surface area contributed by atoms with Crippen molar-refractivity contribution < 1.29 is 8.42 Å². The number of anilines is 2. The van der Waals surface area contributed by atoms with E-state index in [9.17, 15) is 8.42 Å². The van der Waals surface area contributed by atoms with Gasteiger partial charge < -0.3 is 10.6 Å². The third-order valence-electron chi connectivity index (χ3n) is 2.67. The van der Waals surface area contributed by atoms with E-state index in [0.717, 1.165) is 5.69 Å². The number of guanidine groups is 1. The molecular formula is C13H11N3O2S. The number of rotatable bonds is 1. The Labute approximate surface area is 111 Å². The van der Waals surface area contributed by atoms with Crippen molar-refractivity contribution in [3.63, 3.8) is 0 Å². The normalized spacial score (nSPS) is 15.9. The number of benzene rings is 2. The summed E-state index contributed by atoms with van der Waals surface area (Å²) in [4.78, 5) is 0.189. The maximum absolute atomic E-state index is 12.0. The predicted molar refractivity (Wildman–Crippen MR) is 74.8 cm³/mol. The van der Waals surface area contributed by atoms with Crippen molar-refractivity contribution in [2.24, 2.45) is 4.40 Å². The van der Waals surface area contributed by atoms with Crippen LogP contribution in [0.25, 0.3) is 0 Å². The van der Waals surface area contributed by atoms with Crippen molar-refractivity contribution in [3.8, 4) is 0 Å². The summed E-state index contributed by atoms with van der Waals surface area (Å²) in [6.07, 6.45) is 0. The highest BCUT2D eigenvalue weighted by molar-refractivity contribution is 7.90. The number of nitrogens with zero attached hydrogens (tertiary/aromatic N) is 1. The topological polar surface area (TPSA) is 70.6 Å². The summed E-state index contributed by atoms with van der Waals surface area (Å²) >= 11 is 0. The van der Waals surface area contributed by atoms with Gasteiger partial charge in [-0.3, -0.25) is 0 Å². The lowest BCUT2D eigenvalue weighted by atomic mass is 10.3. The molecule has 2 aromatic rings. The molecule has 2 N–H and O–H groups in total. The molecule has 0 atom stereocenters. The van der Waals surface area contributed by atoms with Gasteiger partial charge in [0.15, 0.2) is 0 Å². The molecule has 0 aliphatic carbocycles. The van der Waals surface area contributed by atoms with Crippen LogP contribution in [-0.2, 0) is 10.0 Å². The fourth-order valence-electron chi connectivity index (χ4n) is 1.83. The van der Waals surface area contributed by atoms with Gasteiger partial charge in [0.05, 0.1) is 5.69 Å². The lowest BCUT2D eigenvalue weighted by Crippen LogP contribution is -2.28. The zero-order valence-electron chi connectivity index (χ0n) is 9.87. The molecule has 3 rings (SSSR count). The number of nitrogens with one attached hydrogen (secondary N) is 2. The van der Waals surface area contributed by atoms with Gasteiger partial charge in [-0.25, -0.2) is 0 Å². The smallest absolute Gasteiger partial charge is 0.287 e. The zero-order chi connectivity index (χ0) is 13.3. The Kier molecular flexibility index (Phi) is 2.72. The highest BCUT2D eigenvalue weighted by Gasteiger charge is 2.24. The Morgan fingerprint density at radius 1 is 0.947 bits per heavy atom. The third kappa shape index (κ3) is 2.30. The fourth-order valence-corrected chi connectivity index (χ4v) is 2.90. The van der Waals surface area contributed by atoms with Crippen LogP contribution in [0.4, 0.5) is 11.4 Å². The van der Waals surface area contributed by atoms with E-state index in [-0.39, 0.29) is 10.9 Å². The summed E-state index contributed by atoms with van der Waals surface area (Å²) in [7, 11) is -3.65. The largest absolute Gasteiger partial charge is 0.325 e. The molecular weight excluding hydrogens is 262 g/mol. The Morgan fingerprint density at radius 2 is 1.63 bits per heavy atom. The predicted octanol–water partition coefficient (Wildman–Crippen LogP) is 2.27. The minimum Gasteiger partial charge on any atom is -0.325 e. The Balaban J connectivity index is 1.97. The Hall–Kier alpha value is -2.34. The summed E-state index contributed by atoms with van der Waals surface area (Å²) in [5.74, 6) is 0.199. The van der Waals surface area contributed by atoms with Crippen LogP contribution in [0.15, 0.2) is 63.9 Å². The molecule has 1 heterocycles. The maximum atomic E-state index is 12.0. The fraction of sp³-hybridized carbons (Fsp3) is 0. The average Bonchev–Trinajstić information content (AvgIpc) is 2.39. The molecule has 0 fully saturated rings. The van der Waals surface area contributed by atoms with Gasteiger partial charge in [-0.15, -0.1) is 4.40 Å². The van der Waals surface area contributed by atoms with Crippen LogP contribution in [0.2, 0.25) is 0 Å². The van der Waals surface area contributed by atoms with Gasteiger partial charge >= 0.3 is 0 Å². The molecule has 0 saturated carbocycles. The first kappa shape index (κ1) is 11.7. The van der Waals surface area contributed by atoms with E-state index in [4.69, 9.17) is 0 Å². The molecule has 5 nitrogen and oxygen atoms in total. The van der Waals surface area contributed by atoms with Gasteiger partial charge in [-0.1, -0.05) is 30.3 Å². The van der Waals surface area contributed by atoms with Gasteiger partial charge in [0.25, 0.3) is 10.0 Å². The van der Waals surface area contributed by atoms with Gasteiger partial charge in [0, 0.05) is 5.69 Å². The molecule has 0 spiro atoms. The van der Waals surface area contributed by atoms with Gasteiger partial charge in [-0.05, 0) is 24.3 Å². The SMILES string of the molecule is O=S1(=O)N=C(Nc2ccccc2)Nc2ccccc21. The highest BCUT2D eigenvalue weighted by Crippen LogP contribution is 2.26. The minimum absolute atomic E-state index is 0.189. The first-order valence-electron chi connectivity index (χ1n) is 5.68. The van der Waals surface area contributed by atoms with E-state index in [1.54, 1.807) is 18.2 Å². The van der Waals surface area contributed by atoms with Gasteiger partial charge in [0.2, 0.25) is 5.96 Å². The van der Waals surface area contributed by atoms with E-state index < -0.39 is 10.0 Å². The third-order valence-corrected chi connectivity index (χ3v) is 4.00. The Morgan fingerprint density at radius 3 is 2.42 bits per heavy atom. The van der Waals surface area contributed by atoms with Crippen LogP contribution in [0.5, 0.6) is 0 Å². The zero-order valence-corrected chi connectivity index (χ0v) is 10.7. The van der Waals surface area contributed by atoms with Crippen LogP contribution in [-0.4, -0.2) is 14.4 Å². The van der Waals surface area contributed by atoms with Crippen molar-refractivity contribution in [1.82, 2.24) is 0 Å². The molecule has 2 aromatic carbocycles. The molecule has 0 amide bonds. The average molecular weight is 273 g/mol. The second kappa shape index (κ2) is 4.40. The lowest BCUT2D eigenvalue weighted by Gasteiger charge is -2.18. The maximum Gasteiger partial charge on any atom is 0.287 e. The first-order valence-corrected chi connectivity index (χ1v) is 7.12. The van der Waals surface area contributed by atoms with Crippen LogP contribution < -0.4 is 10.6 Å². The second-order valence-corrected chi connectivity index (χ2v) is 5.60. The van der Waals surface area contributed by atoms with Crippen molar-refractivity contribution in [1.29, 1.82) is 0 Å². The van der Waals surface area contributed by atoms with Crippen molar-refractivity contribution in [3.05, 3.63) is 54.6 Å². The molecule has 19 heavy (non-hydrogen) atoms. The van der Waals surface area contributed by atoms with E-state index in [0.29, 0.717) is 5.69 Å².